The second-order valence-electron chi connectivity index (χ2n) is 6.80. The van der Waals surface area contributed by atoms with Crippen molar-refractivity contribution in [2.45, 2.75) is 19.8 Å². The Morgan fingerprint density at radius 1 is 1.17 bits per heavy atom. The Bertz CT molecular complexity index is 861. The fraction of sp³-hybridized carbons (Fsp3) is 0.381. The van der Waals surface area contributed by atoms with Crippen molar-refractivity contribution in [3.8, 4) is 0 Å². The Labute approximate surface area is 174 Å². The van der Waals surface area contributed by atoms with Gasteiger partial charge < -0.3 is 20.3 Å². The summed E-state index contributed by atoms with van der Waals surface area (Å²) in [5, 5.41) is 9.32. The molecule has 3 rings (SSSR count). The van der Waals surface area contributed by atoms with Crippen LogP contribution in [0.1, 0.15) is 39.1 Å². The van der Waals surface area contributed by atoms with Crippen molar-refractivity contribution in [3.63, 3.8) is 0 Å². The lowest BCUT2D eigenvalue weighted by atomic mass is 10.0. The summed E-state index contributed by atoms with van der Waals surface area (Å²) in [5.74, 6) is -0.316. The Hall–Kier alpha value is -2.71. The van der Waals surface area contributed by atoms with Crippen LogP contribution in [-0.4, -0.2) is 55.5 Å². The molecule has 3 amide bonds. The number of rotatable bonds is 7. The predicted octanol–water partition coefficient (Wildman–Crippen LogP) is 2.68. The molecule has 0 atom stereocenters. The third kappa shape index (κ3) is 5.65. The fourth-order valence-corrected chi connectivity index (χ4v) is 3.73. The molecule has 8 heteroatoms. The molecule has 7 nitrogen and oxygen atoms in total. The number of carbonyl (C=O) groups excluding carboxylic acids is 3. The molecule has 1 aliphatic heterocycles. The molecule has 1 saturated heterocycles. The Morgan fingerprint density at radius 2 is 1.97 bits per heavy atom. The summed E-state index contributed by atoms with van der Waals surface area (Å²) in [6.45, 7) is 4.51. The normalized spacial score (nSPS) is 13.8. The van der Waals surface area contributed by atoms with E-state index in [2.05, 4.69) is 10.6 Å². The van der Waals surface area contributed by atoms with Gasteiger partial charge in [-0.05, 0) is 42.5 Å². The highest BCUT2D eigenvalue weighted by atomic mass is 32.1. The second kappa shape index (κ2) is 10.2. The summed E-state index contributed by atoms with van der Waals surface area (Å²) in [6, 6.07) is 7.11. The highest BCUT2D eigenvalue weighted by Crippen LogP contribution is 2.21. The minimum absolute atomic E-state index is 0.0435. The maximum absolute atomic E-state index is 12.7. The van der Waals surface area contributed by atoms with Gasteiger partial charge in [0.25, 0.3) is 11.8 Å². The largest absolute Gasteiger partial charge is 0.378 e. The molecule has 0 unspecified atom stereocenters. The molecule has 2 heterocycles. The van der Waals surface area contributed by atoms with E-state index in [1.54, 1.807) is 34.5 Å². The number of anilines is 1. The van der Waals surface area contributed by atoms with Crippen LogP contribution in [0.15, 0.2) is 35.0 Å². The Balaban J connectivity index is 1.49. The van der Waals surface area contributed by atoms with Gasteiger partial charge in [-0.15, -0.1) is 0 Å². The smallest absolute Gasteiger partial charge is 0.254 e. The first-order valence-electron chi connectivity index (χ1n) is 9.63. The number of carbonyl (C=O) groups is 3. The van der Waals surface area contributed by atoms with Crippen molar-refractivity contribution in [2.24, 2.45) is 0 Å². The summed E-state index contributed by atoms with van der Waals surface area (Å²) in [4.78, 5) is 38.7. The number of hydrogen-bond acceptors (Lipinski definition) is 5. The van der Waals surface area contributed by atoms with E-state index < -0.39 is 0 Å². The maximum atomic E-state index is 12.7. The average molecular weight is 416 g/mol. The zero-order valence-electron chi connectivity index (χ0n) is 16.4. The zero-order valence-corrected chi connectivity index (χ0v) is 17.2. The molecule has 0 bridgehead atoms. The van der Waals surface area contributed by atoms with Gasteiger partial charge >= 0.3 is 0 Å². The van der Waals surface area contributed by atoms with Crippen LogP contribution in [0, 0.1) is 6.92 Å². The predicted molar refractivity (Wildman–Crippen MR) is 112 cm³/mol. The molecule has 1 fully saturated rings. The number of morpholine rings is 1. The number of hydrogen-bond donors (Lipinski definition) is 2. The van der Waals surface area contributed by atoms with Gasteiger partial charge in [0, 0.05) is 48.2 Å². The first-order chi connectivity index (χ1) is 14.1. The van der Waals surface area contributed by atoms with E-state index in [1.807, 2.05) is 12.3 Å². The van der Waals surface area contributed by atoms with Gasteiger partial charge in [0.15, 0.2) is 0 Å². The van der Waals surface area contributed by atoms with E-state index in [1.165, 1.54) is 11.3 Å². The lowest BCUT2D eigenvalue weighted by molar-refractivity contribution is -0.116. The van der Waals surface area contributed by atoms with Crippen molar-refractivity contribution in [2.75, 3.05) is 38.2 Å². The van der Waals surface area contributed by atoms with E-state index in [-0.39, 0.29) is 24.1 Å². The monoisotopic (exact) mass is 415 g/mol. The molecular formula is C21H25N3O4S. The minimum atomic E-state index is -0.145. The van der Waals surface area contributed by atoms with Crippen LogP contribution in [0.25, 0.3) is 0 Å². The van der Waals surface area contributed by atoms with Crippen LogP contribution in [-0.2, 0) is 9.53 Å². The SMILES string of the molecule is Cc1c(NC(=O)CCCNC(=O)c2ccsc2)cccc1C(=O)N1CCOCC1. The third-order valence-electron chi connectivity index (χ3n) is 4.79. The van der Waals surface area contributed by atoms with Gasteiger partial charge in [0.2, 0.25) is 5.91 Å². The molecule has 0 aliphatic carbocycles. The van der Waals surface area contributed by atoms with Crippen molar-refractivity contribution in [1.29, 1.82) is 0 Å². The quantitative estimate of drug-likeness (QED) is 0.681. The summed E-state index contributed by atoms with van der Waals surface area (Å²) in [5.41, 5.74) is 2.61. The molecule has 154 valence electrons. The molecule has 0 radical (unpaired) electrons. The van der Waals surface area contributed by atoms with Crippen molar-refractivity contribution >= 4 is 34.7 Å². The maximum Gasteiger partial charge on any atom is 0.254 e. The Morgan fingerprint density at radius 3 is 2.69 bits per heavy atom. The van der Waals surface area contributed by atoms with Crippen molar-refractivity contribution in [1.82, 2.24) is 10.2 Å². The standard InChI is InChI=1S/C21H25N3O4S/c1-15-17(21(27)24-9-11-28-12-10-24)4-2-5-18(15)23-19(25)6-3-8-22-20(26)16-7-13-29-14-16/h2,4-5,7,13-14H,3,6,8-12H2,1H3,(H,22,26)(H,23,25). The van der Waals surface area contributed by atoms with Crippen molar-refractivity contribution in [3.05, 3.63) is 51.7 Å². The molecule has 29 heavy (non-hydrogen) atoms. The van der Waals surface area contributed by atoms with Gasteiger partial charge in [-0.2, -0.15) is 11.3 Å². The zero-order chi connectivity index (χ0) is 20.6. The summed E-state index contributed by atoms with van der Waals surface area (Å²) in [6.07, 6.45) is 0.818. The molecule has 2 aromatic rings. The van der Waals surface area contributed by atoms with Gasteiger partial charge in [-0.1, -0.05) is 6.07 Å². The molecule has 1 aromatic heterocycles. The number of nitrogens with zero attached hydrogens (tertiary/aromatic N) is 1. The van der Waals surface area contributed by atoms with E-state index in [0.717, 1.165) is 5.56 Å². The third-order valence-corrected chi connectivity index (χ3v) is 5.47. The summed E-state index contributed by atoms with van der Waals surface area (Å²) < 4.78 is 5.30. The van der Waals surface area contributed by atoms with Crippen LogP contribution in [0.3, 0.4) is 0 Å². The van der Waals surface area contributed by atoms with Crippen LogP contribution in [0.5, 0.6) is 0 Å². The molecule has 2 N–H and O–H groups in total. The topological polar surface area (TPSA) is 87.7 Å². The lowest BCUT2D eigenvalue weighted by Gasteiger charge is -2.27. The van der Waals surface area contributed by atoms with Crippen LogP contribution in [0.4, 0.5) is 5.69 Å². The summed E-state index contributed by atoms with van der Waals surface area (Å²) in [7, 11) is 0. The van der Waals surface area contributed by atoms with E-state index in [4.69, 9.17) is 4.74 Å². The minimum Gasteiger partial charge on any atom is -0.378 e. The van der Waals surface area contributed by atoms with Gasteiger partial charge in [-0.3, -0.25) is 14.4 Å². The number of amides is 3. The lowest BCUT2D eigenvalue weighted by Crippen LogP contribution is -2.41. The Kier molecular flexibility index (Phi) is 7.37. The van der Waals surface area contributed by atoms with Crippen LogP contribution in [0.2, 0.25) is 0 Å². The van der Waals surface area contributed by atoms with Crippen molar-refractivity contribution < 1.29 is 19.1 Å². The van der Waals surface area contributed by atoms with E-state index in [9.17, 15) is 14.4 Å². The molecule has 0 saturated carbocycles. The number of nitrogens with one attached hydrogen (secondary N) is 2. The van der Waals surface area contributed by atoms with E-state index in [0.29, 0.717) is 56.1 Å². The molecule has 0 spiro atoms. The molecule has 1 aliphatic rings. The first-order valence-corrected chi connectivity index (χ1v) is 10.6. The summed E-state index contributed by atoms with van der Waals surface area (Å²) >= 11 is 1.47. The van der Waals surface area contributed by atoms with Gasteiger partial charge in [0.05, 0.1) is 13.2 Å². The van der Waals surface area contributed by atoms with Crippen LogP contribution < -0.4 is 10.6 Å². The number of ether oxygens (including phenoxy) is 1. The first kappa shape index (κ1) is 21.0. The van der Waals surface area contributed by atoms with Crippen LogP contribution >= 0.6 is 11.3 Å². The van der Waals surface area contributed by atoms with Gasteiger partial charge in [0.1, 0.15) is 0 Å². The second-order valence-corrected chi connectivity index (χ2v) is 7.58. The van der Waals surface area contributed by atoms with E-state index >= 15 is 0 Å². The molecular weight excluding hydrogens is 390 g/mol. The number of thiophene rings is 1. The number of benzene rings is 1. The fourth-order valence-electron chi connectivity index (χ4n) is 3.10. The molecule has 1 aromatic carbocycles. The highest BCUT2D eigenvalue weighted by molar-refractivity contribution is 7.08. The van der Waals surface area contributed by atoms with Gasteiger partial charge in [-0.25, -0.2) is 0 Å². The average Bonchev–Trinajstić information content (AvgIpc) is 3.28. The highest BCUT2D eigenvalue weighted by Gasteiger charge is 2.21.